The Bertz CT molecular complexity index is 1010. The number of carboxylic acid groups (broad SMARTS) is 1. The van der Waals surface area contributed by atoms with Crippen LogP contribution in [0.3, 0.4) is 0 Å². The molecule has 0 unspecified atom stereocenters. The number of para-hydroxylation sites is 1. The first-order valence-electron chi connectivity index (χ1n) is 7.78. The number of rotatable bonds is 2. The van der Waals surface area contributed by atoms with Gasteiger partial charge in [-0.15, -0.1) is 0 Å². The van der Waals surface area contributed by atoms with Gasteiger partial charge in [0, 0.05) is 17.3 Å². The quantitative estimate of drug-likeness (QED) is 0.534. The lowest BCUT2D eigenvalue weighted by molar-refractivity contribution is -0.171. The first kappa shape index (κ1) is 20.5. The van der Waals surface area contributed by atoms with Gasteiger partial charge in [-0.05, 0) is 19.1 Å². The molecule has 0 saturated heterocycles. The van der Waals surface area contributed by atoms with Crippen molar-refractivity contribution in [2.45, 2.75) is 13.1 Å². The van der Waals surface area contributed by atoms with Gasteiger partial charge in [-0.1, -0.05) is 36.1 Å². The molecule has 0 spiro atoms. The summed E-state index contributed by atoms with van der Waals surface area (Å²) in [6, 6.07) is 4.30. The summed E-state index contributed by atoms with van der Waals surface area (Å²) < 4.78 is 37.5. The lowest BCUT2D eigenvalue weighted by Crippen LogP contribution is -2.40. The number of allylic oxidation sites excluding steroid dienone is 3. The third-order valence-electron chi connectivity index (χ3n) is 3.48. The molecule has 9 heteroatoms. The minimum absolute atomic E-state index is 0.0356. The summed E-state index contributed by atoms with van der Waals surface area (Å²) in [5.74, 6) is 1.71. The van der Waals surface area contributed by atoms with Crippen molar-refractivity contribution in [1.82, 2.24) is 5.32 Å². The third kappa shape index (κ3) is 4.67. The van der Waals surface area contributed by atoms with Gasteiger partial charge in [0.2, 0.25) is 0 Å². The molecule has 0 atom stereocenters. The van der Waals surface area contributed by atoms with E-state index in [-0.39, 0.29) is 33.8 Å². The van der Waals surface area contributed by atoms with E-state index in [1.807, 2.05) is 0 Å². The topological polar surface area (TPSA) is 105 Å². The number of aliphatic imine (C=N–C) groups is 1. The zero-order valence-electron chi connectivity index (χ0n) is 14.5. The largest absolute Gasteiger partial charge is 0.478 e. The van der Waals surface area contributed by atoms with E-state index in [1.165, 1.54) is 30.5 Å². The van der Waals surface area contributed by atoms with Crippen molar-refractivity contribution in [1.29, 1.82) is 0 Å². The van der Waals surface area contributed by atoms with Crippen LogP contribution in [0.25, 0.3) is 0 Å². The smallest absolute Gasteiger partial charge is 0.471 e. The molecule has 4 N–H and O–H groups in total. The SMILES string of the molecule is C/C=C\C=C1\C(C#Cc2cccc(C(=O)O)c2N)=CN=C1NC(=O)C(F)(F)F. The van der Waals surface area contributed by atoms with Crippen molar-refractivity contribution >= 4 is 23.4 Å². The van der Waals surface area contributed by atoms with E-state index in [0.29, 0.717) is 0 Å². The van der Waals surface area contributed by atoms with E-state index >= 15 is 0 Å². The van der Waals surface area contributed by atoms with Crippen molar-refractivity contribution < 1.29 is 27.9 Å². The zero-order valence-corrected chi connectivity index (χ0v) is 14.5. The summed E-state index contributed by atoms with van der Waals surface area (Å²) in [6.45, 7) is 1.70. The number of hydrogen-bond acceptors (Lipinski definition) is 4. The van der Waals surface area contributed by atoms with Gasteiger partial charge < -0.3 is 16.2 Å². The Morgan fingerprint density at radius 3 is 2.61 bits per heavy atom. The molecule has 28 heavy (non-hydrogen) atoms. The zero-order chi connectivity index (χ0) is 20.9. The third-order valence-corrected chi connectivity index (χ3v) is 3.48. The van der Waals surface area contributed by atoms with E-state index in [2.05, 4.69) is 16.8 Å². The summed E-state index contributed by atoms with van der Waals surface area (Å²) in [5.41, 5.74) is 6.28. The van der Waals surface area contributed by atoms with Gasteiger partial charge in [0.15, 0.2) is 0 Å². The van der Waals surface area contributed by atoms with Crippen LogP contribution in [0, 0.1) is 11.8 Å². The minimum atomic E-state index is -5.06. The van der Waals surface area contributed by atoms with Gasteiger partial charge in [0.25, 0.3) is 0 Å². The Labute approximate surface area is 157 Å². The average molecular weight is 389 g/mol. The van der Waals surface area contributed by atoms with Crippen molar-refractivity contribution in [3.63, 3.8) is 0 Å². The first-order valence-corrected chi connectivity index (χ1v) is 7.78. The fourth-order valence-electron chi connectivity index (χ4n) is 2.13. The van der Waals surface area contributed by atoms with Crippen molar-refractivity contribution in [2.75, 3.05) is 5.73 Å². The van der Waals surface area contributed by atoms with Crippen LogP contribution in [0.1, 0.15) is 22.8 Å². The molecule has 0 aromatic heterocycles. The number of alkyl halides is 3. The fraction of sp³-hybridized carbons (Fsp3) is 0.105. The van der Waals surface area contributed by atoms with Gasteiger partial charge in [-0.25, -0.2) is 9.79 Å². The number of nitrogens with zero attached hydrogens (tertiary/aromatic N) is 1. The highest BCUT2D eigenvalue weighted by Gasteiger charge is 2.40. The number of amidine groups is 1. The summed E-state index contributed by atoms with van der Waals surface area (Å²) in [4.78, 5) is 26.1. The number of anilines is 1. The van der Waals surface area contributed by atoms with E-state index in [1.54, 1.807) is 24.4 Å². The normalized spacial score (nSPS) is 15.1. The maximum Gasteiger partial charge on any atom is 0.471 e. The highest BCUT2D eigenvalue weighted by atomic mass is 19.4. The molecule has 2 rings (SSSR count). The highest BCUT2D eigenvalue weighted by molar-refractivity contribution is 6.14. The van der Waals surface area contributed by atoms with E-state index in [9.17, 15) is 22.8 Å². The molecule has 144 valence electrons. The van der Waals surface area contributed by atoms with Crippen LogP contribution in [0.15, 0.2) is 58.8 Å². The number of benzene rings is 1. The second-order valence-corrected chi connectivity index (χ2v) is 5.40. The number of amides is 1. The Kier molecular flexibility index (Phi) is 6.05. The van der Waals surface area contributed by atoms with Crippen LogP contribution >= 0.6 is 0 Å². The molecule has 6 nitrogen and oxygen atoms in total. The van der Waals surface area contributed by atoms with Gasteiger partial charge >= 0.3 is 18.1 Å². The van der Waals surface area contributed by atoms with E-state index in [4.69, 9.17) is 10.8 Å². The number of hydrogen-bond donors (Lipinski definition) is 3. The van der Waals surface area contributed by atoms with Crippen molar-refractivity contribution in [3.05, 3.63) is 64.9 Å². The summed E-state index contributed by atoms with van der Waals surface area (Å²) in [7, 11) is 0. The number of nitrogen functional groups attached to an aromatic ring is 1. The van der Waals surface area contributed by atoms with Crippen LogP contribution in [0.4, 0.5) is 18.9 Å². The lowest BCUT2D eigenvalue weighted by Gasteiger charge is -2.09. The number of aromatic carboxylic acids is 1. The number of carboxylic acids is 1. The molecule has 1 aliphatic heterocycles. The molecule has 0 saturated carbocycles. The Balaban J connectivity index is 2.34. The van der Waals surface area contributed by atoms with Crippen LogP contribution in [-0.2, 0) is 4.79 Å². The van der Waals surface area contributed by atoms with E-state index < -0.39 is 18.1 Å². The molecule has 1 heterocycles. The number of carbonyl (C=O) groups excluding carboxylic acids is 1. The van der Waals surface area contributed by atoms with Gasteiger partial charge in [-0.2, -0.15) is 13.2 Å². The highest BCUT2D eigenvalue weighted by Crippen LogP contribution is 2.21. The minimum Gasteiger partial charge on any atom is -0.478 e. The van der Waals surface area contributed by atoms with Crippen LogP contribution in [0.5, 0.6) is 0 Å². The number of halogens is 3. The predicted molar refractivity (Wildman–Crippen MR) is 97.3 cm³/mol. The van der Waals surface area contributed by atoms with Gasteiger partial charge in [0.1, 0.15) is 5.84 Å². The Hall–Kier alpha value is -3.80. The Morgan fingerprint density at radius 2 is 2.00 bits per heavy atom. The molecule has 1 amide bonds. The molecule has 1 aromatic rings. The fourth-order valence-corrected chi connectivity index (χ4v) is 2.13. The number of carbonyl (C=O) groups is 2. The molecule has 0 fully saturated rings. The maximum absolute atomic E-state index is 12.5. The molecule has 0 radical (unpaired) electrons. The Morgan fingerprint density at radius 1 is 1.29 bits per heavy atom. The number of nitrogens with two attached hydrogens (primary N) is 1. The molecular weight excluding hydrogens is 375 g/mol. The van der Waals surface area contributed by atoms with Gasteiger partial charge in [0.05, 0.1) is 16.8 Å². The standard InChI is InChI=1S/C19H14F3N3O3/c1-2-3-6-13-12(10-24-16(13)25-18(28)19(20,21)22)9-8-11-5-4-7-14(15(11)23)17(26)27/h2-7,10H,23H2,1H3,(H,26,27)(H,24,25,28)/b3-2-,13-6-. The predicted octanol–water partition coefficient (Wildman–Crippen LogP) is 2.80. The average Bonchev–Trinajstić information content (AvgIpc) is 2.99. The van der Waals surface area contributed by atoms with Gasteiger partial charge in [-0.3, -0.25) is 4.79 Å². The summed E-state index contributed by atoms with van der Waals surface area (Å²) in [6.07, 6.45) is 0.763. The first-order chi connectivity index (χ1) is 13.1. The molecule has 0 bridgehead atoms. The van der Waals surface area contributed by atoms with Crippen LogP contribution in [0.2, 0.25) is 0 Å². The second kappa shape index (κ2) is 8.26. The lowest BCUT2D eigenvalue weighted by atomic mass is 10.0. The maximum atomic E-state index is 12.5. The molecule has 1 aromatic carbocycles. The molecular formula is C19H14F3N3O3. The summed E-state index contributed by atoms with van der Waals surface area (Å²) >= 11 is 0. The van der Waals surface area contributed by atoms with Crippen LogP contribution in [-0.4, -0.2) is 29.0 Å². The van der Waals surface area contributed by atoms with Crippen molar-refractivity contribution in [2.24, 2.45) is 4.99 Å². The number of nitrogens with one attached hydrogen (secondary N) is 1. The van der Waals surface area contributed by atoms with E-state index in [0.717, 1.165) is 0 Å². The second-order valence-electron chi connectivity index (χ2n) is 5.40. The molecule has 1 aliphatic rings. The summed E-state index contributed by atoms with van der Waals surface area (Å²) in [5, 5.41) is 10.8. The molecule has 0 aliphatic carbocycles. The monoisotopic (exact) mass is 389 g/mol. The van der Waals surface area contributed by atoms with Crippen molar-refractivity contribution in [3.8, 4) is 11.8 Å². The van der Waals surface area contributed by atoms with Crippen LogP contribution < -0.4 is 11.1 Å².